The number of hydrogen-bond donors (Lipinski definition) is 1. The quantitative estimate of drug-likeness (QED) is 0.729. The number of aromatic nitrogens is 6. The summed E-state index contributed by atoms with van der Waals surface area (Å²) in [6.07, 6.45) is 2.53. The summed E-state index contributed by atoms with van der Waals surface area (Å²) in [7, 11) is 0. The van der Waals surface area contributed by atoms with Gasteiger partial charge in [0.1, 0.15) is 6.33 Å². The van der Waals surface area contributed by atoms with Crippen molar-refractivity contribution in [1.82, 2.24) is 34.7 Å². The van der Waals surface area contributed by atoms with Gasteiger partial charge in [0.25, 0.3) is 5.78 Å². The average Bonchev–Trinajstić information content (AvgIpc) is 3.18. The van der Waals surface area contributed by atoms with Crippen LogP contribution in [0.25, 0.3) is 5.78 Å². The fourth-order valence-electron chi connectivity index (χ4n) is 3.28. The Labute approximate surface area is 152 Å². The highest BCUT2D eigenvalue weighted by atomic mass is 16.1. The van der Waals surface area contributed by atoms with E-state index in [-0.39, 0.29) is 11.9 Å². The van der Waals surface area contributed by atoms with Gasteiger partial charge in [0.2, 0.25) is 5.91 Å². The number of nitrogens with zero attached hydrogens (tertiary/aromatic N) is 6. The van der Waals surface area contributed by atoms with Crippen molar-refractivity contribution in [3.05, 3.63) is 40.7 Å². The van der Waals surface area contributed by atoms with E-state index >= 15 is 0 Å². The van der Waals surface area contributed by atoms with Gasteiger partial charge in [-0.25, -0.2) is 9.50 Å². The zero-order valence-corrected chi connectivity index (χ0v) is 15.9. The Morgan fingerprint density at radius 2 is 2.04 bits per heavy atom. The first-order chi connectivity index (χ1) is 12.4. The van der Waals surface area contributed by atoms with Crippen molar-refractivity contribution < 1.29 is 4.79 Å². The molecule has 0 fully saturated rings. The van der Waals surface area contributed by atoms with Crippen molar-refractivity contribution >= 4 is 11.7 Å². The van der Waals surface area contributed by atoms with Gasteiger partial charge in [-0.1, -0.05) is 0 Å². The number of nitrogens with one attached hydrogen (secondary N) is 1. The molecule has 1 N–H and O–H groups in total. The van der Waals surface area contributed by atoms with Crippen LogP contribution in [0.15, 0.2) is 12.4 Å². The second-order valence-corrected chi connectivity index (χ2v) is 6.76. The fourth-order valence-corrected chi connectivity index (χ4v) is 3.28. The third kappa shape index (κ3) is 3.58. The summed E-state index contributed by atoms with van der Waals surface area (Å²) in [5.41, 5.74) is 5.01. The van der Waals surface area contributed by atoms with E-state index in [4.69, 9.17) is 0 Å². The van der Waals surface area contributed by atoms with E-state index in [9.17, 15) is 4.79 Å². The number of rotatable bonds is 6. The second-order valence-electron chi connectivity index (χ2n) is 6.76. The van der Waals surface area contributed by atoms with Gasteiger partial charge < -0.3 is 5.32 Å². The number of hydrogen-bond acceptors (Lipinski definition) is 5. The van der Waals surface area contributed by atoms with E-state index in [1.165, 1.54) is 6.33 Å². The molecule has 8 nitrogen and oxygen atoms in total. The van der Waals surface area contributed by atoms with Crippen LogP contribution in [0.5, 0.6) is 0 Å². The summed E-state index contributed by atoms with van der Waals surface area (Å²) in [5, 5.41) is 11.7. The molecular formula is C18H25N7O. The molecule has 0 aromatic carbocycles. The van der Waals surface area contributed by atoms with Crippen molar-refractivity contribution in [2.45, 2.75) is 53.5 Å². The van der Waals surface area contributed by atoms with E-state index in [0.29, 0.717) is 25.2 Å². The summed E-state index contributed by atoms with van der Waals surface area (Å²) in [6.45, 7) is 10.5. The number of carbonyl (C=O) groups excluding carboxylic acids is 1. The molecule has 26 heavy (non-hydrogen) atoms. The molecule has 3 rings (SSSR count). The highest BCUT2D eigenvalue weighted by molar-refractivity contribution is 5.76. The highest BCUT2D eigenvalue weighted by Gasteiger charge is 2.14. The number of fused-ring (bicyclic) bond motifs is 1. The second kappa shape index (κ2) is 7.23. The first kappa shape index (κ1) is 18.0. The van der Waals surface area contributed by atoms with Gasteiger partial charge >= 0.3 is 0 Å². The molecule has 0 aliphatic rings. The molecule has 0 aliphatic heterocycles. The lowest BCUT2D eigenvalue weighted by molar-refractivity contribution is -0.121. The zero-order chi connectivity index (χ0) is 18.8. The number of amides is 1. The first-order valence-electron chi connectivity index (χ1n) is 8.82. The number of aryl methyl sites for hydroxylation is 4. The van der Waals surface area contributed by atoms with Crippen LogP contribution in [0, 0.1) is 27.7 Å². The van der Waals surface area contributed by atoms with Gasteiger partial charge in [0.15, 0.2) is 0 Å². The minimum absolute atomic E-state index is 0.0240. The molecule has 3 aromatic rings. The van der Waals surface area contributed by atoms with Gasteiger partial charge in [-0.05, 0) is 52.7 Å². The molecule has 0 saturated carbocycles. The molecule has 3 heterocycles. The smallest absolute Gasteiger partial charge is 0.252 e. The maximum Gasteiger partial charge on any atom is 0.252 e. The average molecular weight is 355 g/mol. The lowest BCUT2D eigenvalue weighted by atomic mass is 10.1. The van der Waals surface area contributed by atoms with E-state index in [1.54, 1.807) is 4.52 Å². The zero-order valence-electron chi connectivity index (χ0n) is 15.9. The minimum atomic E-state index is 0.0240. The van der Waals surface area contributed by atoms with Gasteiger partial charge in [-0.15, -0.1) is 0 Å². The third-order valence-electron chi connectivity index (χ3n) is 4.65. The Hall–Kier alpha value is -2.77. The van der Waals surface area contributed by atoms with E-state index in [1.807, 2.05) is 38.4 Å². The summed E-state index contributed by atoms with van der Waals surface area (Å²) >= 11 is 0. The van der Waals surface area contributed by atoms with Crippen LogP contribution in [0.2, 0.25) is 0 Å². The van der Waals surface area contributed by atoms with Gasteiger partial charge in [0.05, 0.1) is 11.7 Å². The Morgan fingerprint density at radius 3 is 2.73 bits per heavy atom. The standard InChI is InChI=1S/C18H25N7O/c1-11-8-12(2)24(23-11)13(3)9-19-17(26)7-6-16-14(4)22-18-20-10-21-25(18)15(16)5/h8,10,13H,6-7,9H2,1-5H3,(H,19,26)/t13-/m0/s1. The van der Waals surface area contributed by atoms with Crippen LogP contribution in [0.3, 0.4) is 0 Å². The largest absolute Gasteiger partial charge is 0.354 e. The molecule has 0 saturated heterocycles. The van der Waals surface area contributed by atoms with E-state index < -0.39 is 0 Å². The Balaban J connectivity index is 1.58. The summed E-state index contributed by atoms with van der Waals surface area (Å²) in [4.78, 5) is 20.8. The summed E-state index contributed by atoms with van der Waals surface area (Å²) in [5.74, 6) is 0.614. The number of carbonyl (C=O) groups is 1. The lowest BCUT2D eigenvalue weighted by Crippen LogP contribution is -2.30. The molecule has 8 heteroatoms. The fraction of sp³-hybridized carbons (Fsp3) is 0.500. The molecule has 0 radical (unpaired) electrons. The van der Waals surface area contributed by atoms with Crippen molar-refractivity contribution in [3.8, 4) is 0 Å². The molecule has 0 aliphatic carbocycles. The summed E-state index contributed by atoms with van der Waals surface area (Å²) < 4.78 is 3.66. The first-order valence-corrected chi connectivity index (χ1v) is 8.82. The maximum absolute atomic E-state index is 12.3. The molecule has 1 atom stereocenters. The highest BCUT2D eigenvalue weighted by Crippen LogP contribution is 2.15. The Kier molecular flexibility index (Phi) is 5.01. The molecule has 138 valence electrons. The normalized spacial score (nSPS) is 12.5. The molecular weight excluding hydrogens is 330 g/mol. The molecule has 0 spiro atoms. The molecule has 3 aromatic heterocycles. The molecule has 0 bridgehead atoms. The Bertz CT molecular complexity index is 941. The van der Waals surface area contributed by atoms with Crippen LogP contribution < -0.4 is 5.32 Å². The van der Waals surface area contributed by atoms with Gasteiger partial charge in [-0.2, -0.15) is 15.2 Å². The predicted octanol–water partition coefficient (Wildman–Crippen LogP) is 1.86. The van der Waals surface area contributed by atoms with Crippen molar-refractivity contribution in [3.63, 3.8) is 0 Å². The van der Waals surface area contributed by atoms with Crippen LogP contribution in [0.1, 0.15) is 47.7 Å². The van der Waals surface area contributed by atoms with Gasteiger partial charge in [-0.3, -0.25) is 9.48 Å². The van der Waals surface area contributed by atoms with Crippen LogP contribution in [-0.2, 0) is 11.2 Å². The van der Waals surface area contributed by atoms with Crippen LogP contribution in [0.4, 0.5) is 0 Å². The van der Waals surface area contributed by atoms with Crippen molar-refractivity contribution in [1.29, 1.82) is 0 Å². The minimum Gasteiger partial charge on any atom is -0.354 e. The Morgan fingerprint density at radius 1 is 1.27 bits per heavy atom. The maximum atomic E-state index is 12.3. The van der Waals surface area contributed by atoms with Crippen molar-refractivity contribution in [2.75, 3.05) is 6.54 Å². The SMILES string of the molecule is Cc1cc(C)n([C@@H](C)CNC(=O)CCc2c(C)nc3ncnn3c2C)n1. The molecule has 1 amide bonds. The van der Waals surface area contributed by atoms with E-state index in [2.05, 4.69) is 32.4 Å². The topological polar surface area (TPSA) is 90.0 Å². The molecule has 0 unspecified atom stereocenters. The van der Waals surface area contributed by atoms with Crippen LogP contribution in [-0.4, -0.2) is 41.8 Å². The predicted molar refractivity (Wildman–Crippen MR) is 98.0 cm³/mol. The lowest BCUT2D eigenvalue weighted by Gasteiger charge is -2.15. The monoisotopic (exact) mass is 355 g/mol. The van der Waals surface area contributed by atoms with E-state index in [0.717, 1.165) is 28.3 Å². The van der Waals surface area contributed by atoms with Crippen LogP contribution >= 0.6 is 0 Å². The van der Waals surface area contributed by atoms with Crippen molar-refractivity contribution in [2.24, 2.45) is 0 Å². The van der Waals surface area contributed by atoms with Gasteiger partial charge in [0, 0.05) is 30.0 Å². The summed E-state index contributed by atoms with van der Waals surface area (Å²) in [6, 6.07) is 2.15. The third-order valence-corrected chi connectivity index (χ3v) is 4.65.